The summed E-state index contributed by atoms with van der Waals surface area (Å²) in [5.41, 5.74) is 8.21. The normalized spacial score (nSPS) is 26.8. The van der Waals surface area contributed by atoms with Crippen molar-refractivity contribution in [3.8, 4) is 5.75 Å². The molecule has 0 spiro atoms. The number of guanidine groups is 1. The van der Waals surface area contributed by atoms with E-state index in [0.29, 0.717) is 36.8 Å². The standard InChI is InChI=1S/C31H48BN5O7/c1-19(2)14-27(32-43-26-17-22-16-25(30(22,4)5)31(26,6)44-32)35-28(39)21(8-7-13-34-29(33)36-37(40)41)15-23(38)18-42-24-11-9-20(3)10-12-24/h9-12,19,21-22,25-27H,7-8,13-18H2,1-6H3,(H,35,39)(H3,33,34,36)/t21-,22-,25-,26-,27+,31+/m1/s1. The van der Waals surface area contributed by atoms with E-state index in [0.717, 1.165) is 18.4 Å². The molecular formula is C31H48BN5O7. The highest BCUT2D eigenvalue weighted by Crippen LogP contribution is 2.65. The molecule has 0 unspecified atom stereocenters. The Morgan fingerprint density at radius 3 is 2.57 bits per heavy atom. The Morgan fingerprint density at radius 1 is 1.23 bits per heavy atom. The second kappa shape index (κ2) is 13.8. The highest BCUT2D eigenvalue weighted by atomic mass is 16.7. The zero-order chi connectivity index (χ0) is 32.2. The van der Waals surface area contributed by atoms with Crippen molar-refractivity contribution in [1.82, 2.24) is 10.7 Å². The van der Waals surface area contributed by atoms with E-state index in [-0.39, 0.29) is 60.6 Å². The highest BCUT2D eigenvalue weighted by Gasteiger charge is 2.68. The summed E-state index contributed by atoms with van der Waals surface area (Å²) in [6, 6.07) is 7.41. The summed E-state index contributed by atoms with van der Waals surface area (Å²) in [5.74, 6) is 0.0156. The number of nitrogens with two attached hydrogens (primary N) is 1. The number of amides is 1. The Balaban J connectivity index is 1.42. The van der Waals surface area contributed by atoms with Gasteiger partial charge in [-0.1, -0.05) is 50.8 Å². The molecule has 1 amide bonds. The summed E-state index contributed by atoms with van der Waals surface area (Å²) in [6.07, 6.45) is 3.43. The van der Waals surface area contributed by atoms with Gasteiger partial charge >= 0.3 is 7.12 Å². The molecule has 242 valence electrons. The largest absolute Gasteiger partial charge is 0.486 e. The molecule has 6 atom stereocenters. The van der Waals surface area contributed by atoms with Crippen molar-refractivity contribution in [2.24, 2.45) is 39.8 Å². The number of aliphatic imine (C=N–C) groups is 1. The number of hydrogen-bond donors (Lipinski definition) is 3. The van der Waals surface area contributed by atoms with Gasteiger partial charge in [0.15, 0.2) is 10.8 Å². The van der Waals surface area contributed by atoms with Crippen LogP contribution in [0.1, 0.15) is 78.7 Å². The van der Waals surface area contributed by atoms with E-state index in [1.54, 1.807) is 17.6 Å². The lowest BCUT2D eigenvalue weighted by molar-refractivity contribution is -0.525. The Kier molecular flexibility index (Phi) is 10.6. The van der Waals surface area contributed by atoms with Crippen LogP contribution in [0, 0.1) is 46.1 Å². The quantitative estimate of drug-likeness (QED) is 0.0668. The number of hydrazine groups is 1. The molecule has 13 heteroatoms. The van der Waals surface area contributed by atoms with Crippen molar-refractivity contribution in [3.05, 3.63) is 39.9 Å². The summed E-state index contributed by atoms with van der Waals surface area (Å²) in [5, 5.41) is 13.0. The van der Waals surface area contributed by atoms with E-state index in [1.165, 1.54) is 0 Å². The third-order valence-corrected chi connectivity index (χ3v) is 9.81. The minimum absolute atomic E-state index is 0.0109. The van der Waals surface area contributed by atoms with Gasteiger partial charge in [-0.15, -0.1) is 0 Å². The number of carbonyl (C=O) groups excluding carboxylic acids is 2. The number of hydrogen-bond acceptors (Lipinski definition) is 8. The number of nitrogens with one attached hydrogen (secondary N) is 2. The molecule has 2 bridgehead atoms. The van der Waals surface area contributed by atoms with Crippen LogP contribution in [-0.4, -0.2) is 60.6 Å². The van der Waals surface area contributed by atoms with Gasteiger partial charge in [0.05, 0.1) is 17.6 Å². The molecule has 44 heavy (non-hydrogen) atoms. The van der Waals surface area contributed by atoms with Gasteiger partial charge in [0.2, 0.25) is 5.91 Å². The van der Waals surface area contributed by atoms with Gasteiger partial charge in [-0.25, -0.2) is 15.1 Å². The fourth-order valence-corrected chi connectivity index (χ4v) is 7.24. The molecular weight excluding hydrogens is 565 g/mol. The third kappa shape index (κ3) is 7.90. The number of nitro groups is 1. The lowest BCUT2D eigenvalue weighted by atomic mass is 9.43. The molecule has 4 fully saturated rings. The summed E-state index contributed by atoms with van der Waals surface area (Å²) >= 11 is 0. The molecule has 1 aromatic rings. The molecule has 3 aliphatic carbocycles. The van der Waals surface area contributed by atoms with Gasteiger partial charge in [-0.2, -0.15) is 0 Å². The molecule has 0 aromatic heterocycles. The van der Waals surface area contributed by atoms with E-state index in [2.05, 4.69) is 44.9 Å². The number of aryl methyl sites for hydroxylation is 1. The molecule has 1 aliphatic heterocycles. The van der Waals surface area contributed by atoms with Crippen LogP contribution in [0.2, 0.25) is 0 Å². The topological polar surface area (TPSA) is 167 Å². The van der Waals surface area contributed by atoms with Crippen LogP contribution < -0.4 is 21.2 Å². The second-order valence-corrected chi connectivity index (χ2v) is 13.9. The van der Waals surface area contributed by atoms with Gasteiger partial charge in [-0.3, -0.25) is 9.59 Å². The van der Waals surface area contributed by atoms with Crippen molar-refractivity contribution in [1.29, 1.82) is 0 Å². The number of benzene rings is 1. The lowest BCUT2D eigenvalue weighted by Gasteiger charge is -2.64. The van der Waals surface area contributed by atoms with Crippen molar-refractivity contribution >= 4 is 24.8 Å². The minimum atomic E-state index is -0.787. The Bertz CT molecular complexity index is 1230. The average molecular weight is 614 g/mol. The first kappa shape index (κ1) is 33.7. The maximum atomic E-state index is 13.8. The molecule has 1 saturated heterocycles. The van der Waals surface area contributed by atoms with Crippen LogP contribution in [-0.2, 0) is 18.9 Å². The molecule has 3 saturated carbocycles. The van der Waals surface area contributed by atoms with Crippen molar-refractivity contribution in [2.75, 3.05) is 13.2 Å². The smallest absolute Gasteiger partial charge is 0.481 e. The third-order valence-electron chi connectivity index (χ3n) is 9.81. The molecule has 1 aromatic carbocycles. The number of nitrogens with zero attached hydrogens (tertiary/aromatic N) is 2. The fraction of sp³-hybridized carbons (Fsp3) is 0.710. The first-order valence-electron chi connectivity index (χ1n) is 15.7. The van der Waals surface area contributed by atoms with E-state index in [4.69, 9.17) is 19.8 Å². The number of carbonyl (C=O) groups is 2. The number of rotatable bonds is 15. The first-order chi connectivity index (χ1) is 20.7. The van der Waals surface area contributed by atoms with Crippen molar-refractivity contribution in [3.63, 3.8) is 0 Å². The number of ketones is 1. The Morgan fingerprint density at radius 2 is 1.93 bits per heavy atom. The summed E-state index contributed by atoms with van der Waals surface area (Å²) in [6.45, 7) is 12.9. The van der Waals surface area contributed by atoms with Crippen LogP contribution in [0.4, 0.5) is 0 Å². The van der Waals surface area contributed by atoms with E-state index < -0.39 is 23.7 Å². The van der Waals surface area contributed by atoms with Crippen molar-refractivity contribution < 1.29 is 28.7 Å². The van der Waals surface area contributed by atoms with Crippen LogP contribution in [0.15, 0.2) is 29.3 Å². The van der Waals surface area contributed by atoms with E-state index in [9.17, 15) is 19.7 Å². The van der Waals surface area contributed by atoms with E-state index >= 15 is 0 Å². The molecule has 1 heterocycles. The molecule has 5 rings (SSSR count). The summed E-state index contributed by atoms with van der Waals surface area (Å²) in [4.78, 5) is 41.4. The average Bonchev–Trinajstić information content (AvgIpc) is 3.30. The van der Waals surface area contributed by atoms with Gasteiger partial charge in [-0.05, 0) is 81.3 Å². The first-order valence-corrected chi connectivity index (χ1v) is 15.7. The summed E-state index contributed by atoms with van der Waals surface area (Å²) in [7, 11) is -0.578. The van der Waals surface area contributed by atoms with Crippen LogP contribution >= 0.6 is 0 Å². The fourth-order valence-electron chi connectivity index (χ4n) is 7.24. The van der Waals surface area contributed by atoms with Crippen molar-refractivity contribution in [2.45, 2.75) is 97.7 Å². The molecule has 4 N–H and O–H groups in total. The van der Waals surface area contributed by atoms with Gasteiger partial charge in [0, 0.05) is 18.9 Å². The zero-order valence-electron chi connectivity index (χ0n) is 26.8. The van der Waals surface area contributed by atoms with Gasteiger partial charge < -0.3 is 25.1 Å². The SMILES string of the molecule is Cc1ccc(OCC(=O)C[C@@H](CCCN=C(N)N[N+](=O)[O-])C(=O)N[C@@H](CC(C)C)B2O[C@@H]3C[C@H]4C[C@H](C4(C)C)[C@]3(C)O2)cc1. The van der Waals surface area contributed by atoms with Crippen LogP contribution in [0.25, 0.3) is 0 Å². The predicted molar refractivity (Wildman–Crippen MR) is 167 cm³/mol. The minimum Gasteiger partial charge on any atom is -0.486 e. The highest BCUT2D eigenvalue weighted by molar-refractivity contribution is 6.47. The van der Waals surface area contributed by atoms with Gasteiger partial charge in [0.1, 0.15) is 12.4 Å². The second-order valence-electron chi connectivity index (χ2n) is 13.9. The lowest BCUT2D eigenvalue weighted by Crippen LogP contribution is -2.65. The molecule has 4 aliphatic rings. The maximum absolute atomic E-state index is 13.8. The maximum Gasteiger partial charge on any atom is 0.481 e. The monoisotopic (exact) mass is 613 g/mol. The van der Waals surface area contributed by atoms with Crippen LogP contribution in [0.5, 0.6) is 5.75 Å². The summed E-state index contributed by atoms with van der Waals surface area (Å²) < 4.78 is 18.9. The van der Waals surface area contributed by atoms with Crippen LogP contribution in [0.3, 0.4) is 0 Å². The Labute approximate surface area is 260 Å². The van der Waals surface area contributed by atoms with Gasteiger partial charge in [0.25, 0.3) is 5.96 Å². The number of ether oxygens (including phenoxy) is 1. The molecule has 0 radical (unpaired) electrons. The zero-order valence-corrected chi connectivity index (χ0v) is 26.8. The molecule has 12 nitrogen and oxygen atoms in total. The predicted octanol–water partition coefficient (Wildman–Crippen LogP) is 3.62. The Hall–Kier alpha value is -3.19. The van der Waals surface area contributed by atoms with E-state index in [1.807, 2.05) is 19.1 Å². The number of Topliss-reactive ketones (excluding diaryl/α,β-unsaturated/α-hetero) is 1.